The predicted octanol–water partition coefficient (Wildman–Crippen LogP) is 2.09. The molecule has 1 atom stereocenters. The molecule has 0 fully saturated rings. The Morgan fingerprint density at radius 3 is 2.50 bits per heavy atom. The Labute approximate surface area is 82.7 Å². The molecule has 0 aromatic rings. The van der Waals surface area contributed by atoms with Crippen LogP contribution >= 0.6 is 17.0 Å². The van der Waals surface area contributed by atoms with Gasteiger partial charge in [0.15, 0.2) is 0 Å². The van der Waals surface area contributed by atoms with Crippen LogP contribution in [-0.4, -0.2) is 30.5 Å². The lowest BCUT2D eigenvalue weighted by Gasteiger charge is -2.28. The topological polar surface area (TPSA) is 29.5 Å². The number of nitrogens with zero attached hydrogens (tertiary/aromatic N) is 1. The van der Waals surface area contributed by atoms with Crippen LogP contribution in [-0.2, 0) is 21.1 Å². The normalized spacial score (nSPS) is 15.2. The fraction of sp³-hybridized carbons (Fsp3) is 0.833. The molecule has 0 aromatic heterocycles. The molecule has 0 aromatic carbocycles. The summed E-state index contributed by atoms with van der Waals surface area (Å²) in [6, 6.07) is 0. The fourth-order valence-corrected chi connectivity index (χ4v) is 4.45. The van der Waals surface area contributed by atoms with Crippen molar-refractivity contribution in [3.63, 3.8) is 0 Å². The molecule has 3 nitrogen and oxygen atoms in total. The van der Waals surface area contributed by atoms with Crippen molar-refractivity contribution in [1.29, 1.82) is 0 Å². The van der Waals surface area contributed by atoms with Crippen LogP contribution in [0.25, 0.3) is 0 Å². The van der Waals surface area contributed by atoms with Gasteiger partial charge in [0.2, 0.25) is 12.0 Å². The first-order valence-corrected chi connectivity index (χ1v) is 8.17. The first kappa shape index (κ1) is 12.4. The van der Waals surface area contributed by atoms with Crippen molar-refractivity contribution >= 4 is 35.2 Å². The molecule has 72 valence electrons. The minimum absolute atomic E-state index is 0.558. The van der Waals surface area contributed by atoms with Crippen LogP contribution in [0.4, 0.5) is 0 Å². The van der Waals surface area contributed by atoms with E-state index in [9.17, 15) is 4.79 Å². The monoisotopic (exact) mass is 227 g/mol. The van der Waals surface area contributed by atoms with Gasteiger partial charge in [-0.1, -0.05) is 11.4 Å². The lowest BCUT2D eigenvalue weighted by molar-refractivity contribution is -0.114. The molecule has 0 rings (SSSR count). The number of hydrogen-bond donors (Lipinski definition) is 0. The van der Waals surface area contributed by atoms with Crippen LogP contribution < -0.4 is 0 Å². The summed E-state index contributed by atoms with van der Waals surface area (Å²) in [5.74, 6) is 0. The zero-order chi connectivity index (χ0) is 9.61. The van der Waals surface area contributed by atoms with Gasteiger partial charge in [-0.15, -0.1) is 0 Å². The maximum absolute atomic E-state index is 10.6. The zero-order valence-corrected chi connectivity index (χ0v) is 10.0. The second kappa shape index (κ2) is 5.97. The molecular weight excluding hydrogens is 213 g/mol. The molecule has 0 saturated carbocycles. The van der Waals surface area contributed by atoms with Crippen molar-refractivity contribution in [1.82, 2.24) is 4.67 Å². The SMILES string of the molecule is CCOP(=S)(SC)N(C=O)CC. The van der Waals surface area contributed by atoms with E-state index in [1.807, 2.05) is 20.1 Å². The summed E-state index contributed by atoms with van der Waals surface area (Å²) >= 11 is 6.72. The molecule has 1 unspecified atom stereocenters. The molecule has 0 aliphatic heterocycles. The minimum Gasteiger partial charge on any atom is -0.327 e. The van der Waals surface area contributed by atoms with Crippen LogP contribution in [0.1, 0.15) is 13.8 Å². The third-order valence-electron chi connectivity index (χ3n) is 1.28. The molecule has 6 heteroatoms. The highest BCUT2D eigenvalue weighted by Gasteiger charge is 2.22. The van der Waals surface area contributed by atoms with Crippen molar-refractivity contribution in [2.75, 3.05) is 19.4 Å². The van der Waals surface area contributed by atoms with Crippen LogP contribution in [0.3, 0.4) is 0 Å². The second-order valence-corrected chi connectivity index (χ2v) is 8.76. The van der Waals surface area contributed by atoms with Crippen molar-refractivity contribution in [2.24, 2.45) is 0 Å². The average molecular weight is 227 g/mol. The Balaban J connectivity index is 4.47. The van der Waals surface area contributed by atoms with Gasteiger partial charge in [0.05, 0.1) is 6.61 Å². The van der Waals surface area contributed by atoms with Gasteiger partial charge in [-0.2, -0.15) is 0 Å². The standard InChI is InChI=1S/C6H14NO2PS2/c1-4-7(6-8)10(11,12-3)9-5-2/h6H,4-5H2,1-3H3. The molecule has 0 aliphatic rings. The van der Waals surface area contributed by atoms with Crippen LogP contribution in [0.2, 0.25) is 0 Å². The Bertz CT molecular complexity index is 188. The van der Waals surface area contributed by atoms with Crippen molar-refractivity contribution in [2.45, 2.75) is 13.8 Å². The predicted molar refractivity (Wildman–Crippen MR) is 57.9 cm³/mol. The van der Waals surface area contributed by atoms with Gasteiger partial charge in [0, 0.05) is 6.54 Å². The minimum atomic E-state index is -2.10. The fourth-order valence-electron chi connectivity index (χ4n) is 0.700. The van der Waals surface area contributed by atoms with Gasteiger partial charge in [-0.3, -0.25) is 9.46 Å². The van der Waals surface area contributed by atoms with E-state index in [0.717, 1.165) is 6.41 Å². The zero-order valence-electron chi connectivity index (χ0n) is 7.52. The number of carbonyl (C=O) groups is 1. The van der Waals surface area contributed by atoms with E-state index >= 15 is 0 Å². The number of rotatable bonds is 6. The number of carbonyl (C=O) groups excluding carboxylic acids is 1. The molecule has 0 saturated heterocycles. The molecule has 0 radical (unpaired) electrons. The molecule has 12 heavy (non-hydrogen) atoms. The van der Waals surface area contributed by atoms with E-state index < -0.39 is 5.62 Å². The summed E-state index contributed by atoms with van der Waals surface area (Å²) in [6.45, 7) is 4.95. The maximum atomic E-state index is 10.6. The first-order valence-electron chi connectivity index (χ1n) is 3.67. The third kappa shape index (κ3) is 3.05. The van der Waals surface area contributed by atoms with Crippen molar-refractivity contribution < 1.29 is 9.32 Å². The van der Waals surface area contributed by atoms with Crippen LogP contribution in [0.15, 0.2) is 0 Å². The number of amides is 1. The van der Waals surface area contributed by atoms with Gasteiger partial charge in [0.25, 0.3) is 0 Å². The molecule has 0 bridgehead atoms. The lowest BCUT2D eigenvalue weighted by atomic mass is 10.8. The van der Waals surface area contributed by atoms with Crippen molar-refractivity contribution in [3.8, 4) is 0 Å². The van der Waals surface area contributed by atoms with Gasteiger partial charge in [0.1, 0.15) is 0 Å². The van der Waals surface area contributed by atoms with Crippen LogP contribution in [0.5, 0.6) is 0 Å². The highest BCUT2D eigenvalue weighted by Crippen LogP contribution is 2.60. The van der Waals surface area contributed by atoms with E-state index in [0.29, 0.717) is 13.2 Å². The molecule has 0 aliphatic carbocycles. The van der Waals surface area contributed by atoms with E-state index in [-0.39, 0.29) is 0 Å². The summed E-state index contributed by atoms with van der Waals surface area (Å²) in [5, 5.41) is 0. The van der Waals surface area contributed by atoms with E-state index in [2.05, 4.69) is 0 Å². The summed E-state index contributed by atoms with van der Waals surface area (Å²) < 4.78 is 6.97. The molecule has 1 amide bonds. The Hall–Kier alpha value is 0.430. The molecule has 0 spiro atoms. The highest BCUT2D eigenvalue weighted by atomic mass is 32.9. The quantitative estimate of drug-likeness (QED) is 0.513. The molecular formula is C6H14NO2PS2. The maximum Gasteiger partial charge on any atom is 0.215 e. The largest absolute Gasteiger partial charge is 0.327 e. The summed E-state index contributed by atoms with van der Waals surface area (Å²) in [6.07, 6.45) is 2.65. The van der Waals surface area contributed by atoms with Gasteiger partial charge in [-0.25, -0.2) is 0 Å². The van der Waals surface area contributed by atoms with Crippen LogP contribution in [0, 0.1) is 0 Å². The molecule has 0 heterocycles. The van der Waals surface area contributed by atoms with Crippen molar-refractivity contribution in [3.05, 3.63) is 0 Å². The van der Waals surface area contributed by atoms with E-state index in [1.165, 1.54) is 11.4 Å². The van der Waals surface area contributed by atoms with E-state index in [4.69, 9.17) is 16.3 Å². The summed E-state index contributed by atoms with van der Waals surface area (Å²) in [7, 11) is 0. The lowest BCUT2D eigenvalue weighted by Crippen LogP contribution is -2.17. The third-order valence-corrected chi connectivity index (χ3v) is 7.95. The molecule has 0 N–H and O–H groups in total. The second-order valence-electron chi connectivity index (χ2n) is 1.93. The Morgan fingerprint density at radius 2 is 2.25 bits per heavy atom. The summed E-state index contributed by atoms with van der Waals surface area (Å²) in [5.41, 5.74) is -2.10. The highest BCUT2D eigenvalue weighted by molar-refractivity contribution is 8.68. The van der Waals surface area contributed by atoms with Gasteiger partial charge < -0.3 is 4.52 Å². The Morgan fingerprint density at radius 1 is 1.67 bits per heavy atom. The summed E-state index contributed by atoms with van der Waals surface area (Å²) in [4.78, 5) is 10.6. The first-order chi connectivity index (χ1) is 5.64. The Kier molecular flexibility index (Phi) is 6.19. The van der Waals surface area contributed by atoms with E-state index in [1.54, 1.807) is 4.67 Å². The smallest absolute Gasteiger partial charge is 0.215 e. The van der Waals surface area contributed by atoms with Gasteiger partial charge in [-0.05, 0) is 31.9 Å². The van der Waals surface area contributed by atoms with Gasteiger partial charge >= 0.3 is 0 Å². The number of hydrogen-bond acceptors (Lipinski definition) is 4. The average Bonchev–Trinajstić information content (AvgIpc) is 2.07.